The van der Waals surface area contributed by atoms with Crippen LogP contribution in [0.2, 0.25) is 0 Å². The number of carbonyl (C=O) groups is 2. The van der Waals surface area contributed by atoms with Crippen molar-refractivity contribution in [3.63, 3.8) is 0 Å². The van der Waals surface area contributed by atoms with Gasteiger partial charge in [0.15, 0.2) is 0 Å². The van der Waals surface area contributed by atoms with Crippen LogP contribution >= 0.6 is 0 Å². The Bertz CT molecular complexity index is 329. The number of esters is 1. The average molecular weight is 182 g/mol. The molecule has 0 unspecified atom stereocenters. The first-order valence-corrected chi connectivity index (χ1v) is 3.58. The van der Waals surface area contributed by atoms with E-state index in [4.69, 9.17) is 0 Å². The number of hydrogen-bond donors (Lipinski definition) is 0. The SMILES string of the molecule is CC(=O)Oc1ccc(C(=O)F)cc1. The number of carbonyl (C=O) groups excluding carboxylic acids is 2. The molecular weight excluding hydrogens is 175 g/mol. The highest BCUT2D eigenvalue weighted by Crippen LogP contribution is 2.12. The largest absolute Gasteiger partial charge is 0.427 e. The average Bonchev–Trinajstić information content (AvgIpc) is 2.04. The molecule has 0 amide bonds. The molecule has 0 bridgehead atoms. The topological polar surface area (TPSA) is 43.4 Å². The summed E-state index contributed by atoms with van der Waals surface area (Å²) in [5.41, 5.74) is -0.0593. The van der Waals surface area contributed by atoms with E-state index >= 15 is 0 Å². The van der Waals surface area contributed by atoms with E-state index in [1.807, 2.05) is 0 Å². The maximum absolute atomic E-state index is 12.1. The van der Waals surface area contributed by atoms with E-state index in [0.29, 0.717) is 0 Å². The molecule has 0 fully saturated rings. The molecule has 0 aromatic heterocycles. The van der Waals surface area contributed by atoms with Crippen LogP contribution in [0.4, 0.5) is 4.39 Å². The summed E-state index contributed by atoms with van der Waals surface area (Å²) in [5.74, 6) is -0.170. The number of ether oxygens (including phenoxy) is 1. The fourth-order valence-electron chi connectivity index (χ4n) is 0.820. The van der Waals surface area contributed by atoms with Gasteiger partial charge in [-0.05, 0) is 24.3 Å². The van der Waals surface area contributed by atoms with Crippen LogP contribution in [-0.2, 0) is 4.79 Å². The van der Waals surface area contributed by atoms with Crippen molar-refractivity contribution in [3.8, 4) is 5.75 Å². The van der Waals surface area contributed by atoms with Crippen LogP contribution < -0.4 is 4.74 Å². The fraction of sp³-hybridized carbons (Fsp3) is 0.111. The lowest BCUT2D eigenvalue weighted by molar-refractivity contribution is -0.131. The Morgan fingerprint density at radius 1 is 1.23 bits per heavy atom. The highest BCUT2D eigenvalue weighted by atomic mass is 19.1. The minimum absolute atomic E-state index is 0.0593. The van der Waals surface area contributed by atoms with Gasteiger partial charge in [-0.3, -0.25) is 9.59 Å². The summed E-state index contributed by atoms with van der Waals surface area (Å²) in [5, 5.41) is 0. The van der Waals surface area contributed by atoms with Crippen molar-refractivity contribution < 1.29 is 18.7 Å². The highest BCUT2D eigenvalue weighted by molar-refractivity contribution is 5.88. The second-order valence-corrected chi connectivity index (χ2v) is 2.39. The molecule has 1 aromatic carbocycles. The molecule has 0 saturated carbocycles. The Balaban J connectivity index is 2.81. The summed E-state index contributed by atoms with van der Waals surface area (Å²) in [6.45, 7) is 1.26. The lowest BCUT2D eigenvalue weighted by Crippen LogP contribution is -2.01. The van der Waals surface area contributed by atoms with Crippen LogP contribution in [-0.4, -0.2) is 12.0 Å². The third kappa shape index (κ3) is 2.66. The van der Waals surface area contributed by atoms with Crippen LogP contribution in [0.5, 0.6) is 5.75 Å². The molecule has 68 valence electrons. The Hall–Kier alpha value is -1.71. The zero-order valence-electron chi connectivity index (χ0n) is 6.91. The summed E-state index contributed by atoms with van der Waals surface area (Å²) >= 11 is 0. The molecule has 0 saturated heterocycles. The van der Waals surface area contributed by atoms with Crippen molar-refractivity contribution in [2.45, 2.75) is 6.92 Å². The fourth-order valence-corrected chi connectivity index (χ4v) is 0.820. The number of halogens is 1. The summed E-state index contributed by atoms with van der Waals surface area (Å²) < 4.78 is 16.8. The molecule has 0 aliphatic heterocycles. The Morgan fingerprint density at radius 2 is 1.77 bits per heavy atom. The first-order chi connectivity index (χ1) is 6.09. The molecule has 0 atom stereocenters. The van der Waals surface area contributed by atoms with Crippen molar-refractivity contribution in [2.75, 3.05) is 0 Å². The molecule has 4 heteroatoms. The summed E-state index contributed by atoms with van der Waals surface area (Å²) in [7, 11) is 0. The van der Waals surface area contributed by atoms with Crippen LogP contribution in [0.3, 0.4) is 0 Å². The van der Waals surface area contributed by atoms with E-state index in [1.54, 1.807) is 0 Å². The quantitative estimate of drug-likeness (QED) is 0.397. The van der Waals surface area contributed by atoms with Crippen molar-refractivity contribution in [1.29, 1.82) is 0 Å². The maximum atomic E-state index is 12.1. The Labute approximate surface area is 74.1 Å². The summed E-state index contributed by atoms with van der Waals surface area (Å²) in [6.07, 6.45) is 0. The predicted molar refractivity (Wildman–Crippen MR) is 43.2 cm³/mol. The molecule has 0 aliphatic carbocycles. The zero-order chi connectivity index (χ0) is 9.84. The van der Waals surface area contributed by atoms with Crippen LogP contribution in [0.1, 0.15) is 17.3 Å². The number of benzene rings is 1. The van der Waals surface area contributed by atoms with Gasteiger partial charge in [-0.25, -0.2) is 0 Å². The molecule has 1 aromatic rings. The number of rotatable bonds is 2. The van der Waals surface area contributed by atoms with Gasteiger partial charge in [-0.15, -0.1) is 0 Å². The van der Waals surface area contributed by atoms with Gasteiger partial charge >= 0.3 is 12.0 Å². The standard InChI is InChI=1S/C9H7FO3/c1-6(11)13-8-4-2-7(3-5-8)9(10)12/h2-5H,1H3. The second kappa shape index (κ2) is 3.80. The lowest BCUT2D eigenvalue weighted by atomic mass is 10.2. The van der Waals surface area contributed by atoms with E-state index in [-0.39, 0.29) is 11.3 Å². The second-order valence-electron chi connectivity index (χ2n) is 2.39. The van der Waals surface area contributed by atoms with Gasteiger partial charge in [-0.1, -0.05) is 0 Å². The molecule has 3 nitrogen and oxygen atoms in total. The van der Waals surface area contributed by atoms with Crippen LogP contribution in [0.25, 0.3) is 0 Å². The molecular formula is C9H7FO3. The van der Waals surface area contributed by atoms with E-state index in [1.165, 1.54) is 31.2 Å². The molecule has 0 N–H and O–H groups in total. The van der Waals surface area contributed by atoms with Gasteiger partial charge in [0, 0.05) is 6.92 Å². The highest BCUT2D eigenvalue weighted by Gasteiger charge is 2.03. The normalized spacial score (nSPS) is 9.38. The molecule has 0 radical (unpaired) electrons. The number of hydrogen-bond acceptors (Lipinski definition) is 3. The van der Waals surface area contributed by atoms with E-state index in [0.717, 1.165) is 0 Å². The maximum Gasteiger partial charge on any atom is 0.332 e. The van der Waals surface area contributed by atoms with Gasteiger partial charge in [0.1, 0.15) is 5.75 Å². The van der Waals surface area contributed by atoms with E-state index in [9.17, 15) is 14.0 Å². The first kappa shape index (κ1) is 9.38. The van der Waals surface area contributed by atoms with E-state index in [2.05, 4.69) is 4.74 Å². The van der Waals surface area contributed by atoms with Crippen LogP contribution in [0.15, 0.2) is 24.3 Å². The molecule has 13 heavy (non-hydrogen) atoms. The third-order valence-corrected chi connectivity index (χ3v) is 1.34. The monoisotopic (exact) mass is 182 g/mol. The van der Waals surface area contributed by atoms with Crippen molar-refractivity contribution in [3.05, 3.63) is 29.8 Å². The van der Waals surface area contributed by atoms with Crippen molar-refractivity contribution >= 4 is 12.0 Å². The van der Waals surface area contributed by atoms with Gasteiger partial charge < -0.3 is 4.74 Å². The Morgan fingerprint density at radius 3 is 2.15 bits per heavy atom. The predicted octanol–water partition coefficient (Wildman–Crippen LogP) is 1.72. The smallest absolute Gasteiger partial charge is 0.332 e. The van der Waals surface area contributed by atoms with Gasteiger partial charge in [-0.2, -0.15) is 4.39 Å². The molecule has 0 aliphatic rings. The minimum Gasteiger partial charge on any atom is -0.427 e. The van der Waals surface area contributed by atoms with E-state index < -0.39 is 12.0 Å². The lowest BCUT2D eigenvalue weighted by Gasteiger charge is -1.99. The zero-order valence-corrected chi connectivity index (χ0v) is 6.91. The minimum atomic E-state index is -1.51. The molecule has 1 rings (SSSR count). The van der Waals surface area contributed by atoms with Gasteiger partial charge in [0.2, 0.25) is 0 Å². The summed E-state index contributed by atoms with van der Waals surface area (Å²) in [4.78, 5) is 20.7. The van der Waals surface area contributed by atoms with Crippen molar-refractivity contribution in [1.82, 2.24) is 0 Å². The van der Waals surface area contributed by atoms with Gasteiger partial charge in [0.05, 0.1) is 5.56 Å². The summed E-state index contributed by atoms with van der Waals surface area (Å²) in [6, 6.07) is 3.71. The van der Waals surface area contributed by atoms with Crippen LogP contribution in [0, 0.1) is 0 Å². The Kier molecular flexibility index (Phi) is 2.74. The third-order valence-electron chi connectivity index (χ3n) is 1.34. The van der Waals surface area contributed by atoms with Gasteiger partial charge in [0.25, 0.3) is 0 Å². The van der Waals surface area contributed by atoms with Crippen molar-refractivity contribution in [2.24, 2.45) is 0 Å². The molecule has 0 spiro atoms. The molecule has 0 heterocycles. The first-order valence-electron chi connectivity index (χ1n) is 3.58.